The number of ether oxygens (including phenoxy) is 3. The molecule has 0 radical (unpaired) electrons. The van der Waals surface area contributed by atoms with E-state index in [-0.39, 0.29) is 12.1 Å². The fourth-order valence-electron chi connectivity index (χ4n) is 4.17. The van der Waals surface area contributed by atoms with Crippen molar-refractivity contribution in [3.8, 4) is 5.75 Å². The molecule has 0 spiro atoms. The van der Waals surface area contributed by atoms with Gasteiger partial charge in [0, 0.05) is 50.6 Å². The normalized spacial score (nSPS) is 21.2. The molecular formula is C22H35N3O4. The minimum Gasteiger partial charge on any atom is -0.495 e. The Balaban J connectivity index is 1.83. The lowest BCUT2D eigenvalue weighted by Crippen LogP contribution is -2.54. The molecule has 2 heterocycles. The predicted molar refractivity (Wildman–Crippen MR) is 115 cm³/mol. The highest BCUT2D eigenvalue weighted by Gasteiger charge is 2.32. The number of carbonyl (C=O) groups is 1. The van der Waals surface area contributed by atoms with Gasteiger partial charge in [0.05, 0.1) is 12.8 Å². The highest BCUT2D eigenvalue weighted by atomic mass is 16.6. The summed E-state index contributed by atoms with van der Waals surface area (Å²) in [6, 6.07) is 4.28. The van der Waals surface area contributed by atoms with Gasteiger partial charge in [-0.2, -0.15) is 0 Å². The van der Waals surface area contributed by atoms with Crippen molar-refractivity contribution in [2.24, 2.45) is 0 Å². The van der Waals surface area contributed by atoms with Crippen molar-refractivity contribution in [1.82, 2.24) is 4.90 Å². The number of anilines is 2. The van der Waals surface area contributed by atoms with Crippen LogP contribution < -0.4 is 15.4 Å². The minimum atomic E-state index is -0.488. The second kappa shape index (κ2) is 8.69. The summed E-state index contributed by atoms with van der Waals surface area (Å²) in [5, 5.41) is 0. The minimum absolute atomic E-state index is 0.156. The van der Waals surface area contributed by atoms with Crippen LogP contribution in [-0.4, -0.2) is 62.6 Å². The number of hydrogen-bond acceptors (Lipinski definition) is 6. The Morgan fingerprint density at radius 3 is 2.48 bits per heavy atom. The van der Waals surface area contributed by atoms with Gasteiger partial charge in [0.25, 0.3) is 0 Å². The first-order chi connectivity index (χ1) is 13.7. The van der Waals surface area contributed by atoms with Gasteiger partial charge in [-0.3, -0.25) is 0 Å². The first kappa shape index (κ1) is 21.6. The number of amides is 1. The van der Waals surface area contributed by atoms with E-state index >= 15 is 0 Å². The molecule has 2 saturated heterocycles. The van der Waals surface area contributed by atoms with Gasteiger partial charge in [-0.25, -0.2) is 4.79 Å². The van der Waals surface area contributed by atoms with Crippen LogP contribution in [0.25, 0.3) is 0 Å². The van der Waals surface area contributed by atoms with Crippen LogP contribution in [0.15, 0.2) is 12.1 Å². The molecule has 1 aromatic carbocycles. The predicted octanol–water partition coefficient (Wildman–Crippen LogP) is 3.62. The van der Waals surface area contributed by atoms with E-state index in [9.17, 15) is 4.79 Å². The lowest BCUT2D eigenvalue weighted by molar-refractivity contribution is 0.0218. The first-order valence-corrected chi connectivity index (χ1v) is 10.5. The van der Waals surface area contributed by atoms with Gasteiger partial charge in [0.2, 0.25) is 0 Å². The molecule has 0 saturated carbocycles. The van der Waals surface area contributed by atoms with Gasteiger partial charge < -0.3 is 29.7 Å². The number of carbonyl (C=O) groups excluding carboxylic acids is 1. The van der Waals surface area contributed by atoms with Crippen LogP contribution >= 0.6 is 0 Å². The van der Waals surface area contributed by atoms with E-state index in [0.29, 0.717) is 30.4 Å². The molecule has 1 aromatic rings. The number of piperazine rings is 1. The SMILES string of the molecule is COc1cc(N2CCN(C(=O)OC(C)(C)C)CC2C)c(C2CCOCC2)cc1N. The van der Waals surface area contributed by atoms with Gasteiger partial charge in [0.15, 0.2) is 0 Å². The lowest BCUT2D eigenvalue weighted by Gasteiger charge is -2.43. The molecule has 0 aliphatic carbocycles. The number of nitrogen functional groups attached to an aromatic ring is 1. The van der Waals surface area contributed by atoms with Crippen molar-refractivity contribution < 1.29 is 19.0 Å². The summed E-state index contributed by atoms with van der Waals surface area (Å²) in [4.78, 5) is 16.7. The summed E-state index contributed by atoms with van der Waals surface area (Å²) in [6.45, 7) is 11.4. The van der Waals surface area contributed by atoms with Gasteiger partial charge in [0.1, 0.15) is 11.4 Å². The molecule has 2 aliphatic heterocycles. The Morgan fingerprint density at radius 2 is 1.90 bits per heavy atom. The number of hydrogen-bond donors (Lipinski definition) is 1. The van der Waals surface area contributed by atoms with Crippen molar-refractivity contribution in [1.29, 1.82) is 0 Å². The molecule has 162 valence electrons. The van der Waals surface area contributed by atoms with Gasteiger partial charge in [-0.1, -0.05) is 0 Å². The molecule has 3 rings (SSSR count). The fourth-order valence-corrected chi connectivity index (χ4v) is 4.17. The fraction of sp³-hybridized carbons (Fsp3) is 0.682. The van der Waals surface area contributed by atoms with Crippen LogP contribution in [0.1, 0.15) is 52.0 Å². The molecule has 0 aromatic heterocycles. The molecule has 1 amide bonds. The quantitative estimate of drug-likeness (QED) is 0.774. The molecule has 1 unspecified atom stereocenters. The lowest BCUT2D eigenvalue weighted by atomic mass is 9.89. The number of nitrogens with zero attached hydrogens (tertiary/aromatic N) is 2. The van der Waals surface area contributed by atoms with Crippen LogP contribution in [-0.2, 0) is 9.47 Å². The van der Waals surface area contributed by atoms with Crippen LogP contribution in [0.5, 0.6) is 5.75 Å². The zero-order chi connectivity index (χ0) is 21.2. The highest BCUT2D eigenvalue weighted by molar-refractivity contribution is 5.71. The number of nitrogens with two attached hydrogens (primary N) is 1. The third-order valence-electron chi connectivity index (χ3n) is 5.63. The average molecular weight is 406 g/mol. The van der Waals surface area contributed by atoms with Gasteiger partial charge in [-0.15, -0.1) is 0 Å². The second-order valence-corrected chi connectivity index (χ2v) is 9.01. The maximum Gasteiger partial charge on any atom is 0.410 e. The van der Waals surface area contributed by atoms with Crippen molar-refractivity contribution >= 4 is 17.5 Å². The molecule has 2 aliphatic rings. The molecule has 7 nitrogen and oxygen atoms in total. The van der Waals surface area contributed by atoms with Crippen molar-refractivity contribution in [3.05, 3.63) is 17.7 Å². The summed E-state index contributed by atoms with van der Waals surface area (Å²) in [6.07, 6.45) is 1.74. The molecule has 2 fully saturated rings. The number of benzene rings is 1. The van der Waals surface area contributed by atoms with Crippen LogP contribution in [0, 0.1) is 0 Å². The van der Waals surface area contributed by atoms with Gasteiger partial charge >= 0.3 is 6.09 Å². The van der Waals surface area contributed by atoms with E-state index in [1.54, 1.807) is 12.0 Å². The highest BCUT2D eigenvalue weighted by Crippen LogP contribution is 2.40. The topological polar surface area (TPSA) is 77.3 Å². The summed E-state index contributed by atoms with van der Waals surface area (Å²) in [5.41, 5.74) is 8.83. The second-order valence-electron chi connectivity index (χ2n) is 9.01. The summed E-state index contributed by atoms with van der Waals surface area (Å²) < 4.78 is 16.6. The Morgan fingerprint density at radius 1 is 1.21 bits per heavy atom. The molecule has 29 heavy (non-hydrogen) atoms. The third-order valence-corrected chi connectivity index (χ3v) is 5.63. The van der Waals surface area contributed by atoms with Crippen LogP contribution in [0.2, 0.25) is 0 Å². The van der Waals surface area contributed by atoms with E-state index in [4.69, 9.17) is 19.9 Å². The molecule has 2 N–H and O–H groups in total. The van der Waals surface area contributed by atoms with Crippen molar-refractivity contribution in [2.75, 3.05) is 50.6 Å². The molecular weight excluding hydrogens is 370 g/mol. The van der Waals surface area contributed by atoms with E-state index in [2.05, 4.69) is 24.0 Å². The van der Waals surface area contributed by atoms with Crippen LogP contribution in [0.3, 0.4) is 0 Å². The molecule has 0 bridgehead atoms. The molecule has 7 heteroatoms. The summed E-state index contributed by atoms with van der Waals surface area (Å²) >= 11 is 0. The largest absolute Gasteiger partial charge is 0.495 e. The number of rotatable bonds is 3. The maximum absolute atomic E-state index is 12.5. The zero-order valence-corrected chi connectivity index (χ0v) is 18.4. The third kappa shape index (κ3) is 5.07. The Hall–Kier alpha value is -2.15. The average Bonchev–Trinajstić information content (AvgIpc) is 2.67. The Labute approximate surface area is 174 Å². The van der Waals surface area contributed by atoms with E-state index in [1.807, 2.05) is 20.8 Å². The number of methoxy groups -OCH3 is 1. The van der Waals surface area contributed by atoms with Gasteiger partial charge in [-0.05, 0) is 58.1 Å². The smallest absolute Gasteiger partial charge is 0.410 e. The zero-order valence-electron chi connectivity index (χ0n) is 18.4. The standard InChI is InChI=1S/C22H35N3O4/c1-15-14-24(21(26)29-22(2,3)4)8-9-25(15)19-13-20(27-5)18(23)12-17(19)16-6-10-28-11-7-16/h12-13,15-16H,6-11,14,23H2,1-5H3. The molecule has 1 atom stereocenters. The maximum atomic E-state index is 12.5. The Bertz CT molecular complexity index is 726. The summed E-state index contributed by atoms with van der Waals surface area (Å²) in [5.74, 6) is 1.11. The van der Waals surface area contributed by atoms with Crippen molar-refractivity contribution in [2.45, 2.75) is 58.1 Å². The summed E-state index contributed by atoms with van der Waals surface area (Å²) in [7, 11) is 1.65. The van der Waals surface area contributed by atoms with Crippen LogP contribution in [0.4, 0.5) is 16.2 Å². The van der Waals surface area contributed by atoms with E-state index in [0.717, 1.165) is 38.3 Å². The van der Waals surface area contributed by atoms with E-state index < -0.39 is 5.60 Å². The first-order valence-electron chi connectivity index (χ1n) is 10.5. The Kier molecular flexibility index (Phi) is 6.46. The monoisotopic (exact) mass is 405 g/mol. The van der Waals surface area contributed by atoms with Crippen molar-refractivity contribution in [3.63, 3.8) is 0 Å². The van der Waals surface area contributed by atoms with E-state index in [1.165, 1.54) is 5.56 Å².